The maximum absolute atomic E-state index is 12.6. The minimum absolute atomic E-state index is 0.190. The normalized spacial score (nSPS) is 11.4. The Morgan fingerprint density at radius 2 is 1.71 bits per heavy atom. The lowest BCUT2D eigenvalue weighted by atomic mass is 10.0. The quantitative estimate of drug-likeness (QED) is 0.168. The van der Waals surface area contributed by atoms with Crippen LogP contribution in [0.25, 0.3) is 21.7 Å². The second kappa shape index (κ2) is 9.83. The van der Waals surface area contributed by atoms with Crippen LogP contribution in [0.2, 0.25) is 0 Å². The molecule has 0 saturated heterocycles. The number of nitrogens with one attached hydrogen (secondary N) is 1. The second-order valence-electron chi connectivity index (χ2n) is 7.61. The van der Waals surface area contributed by atoms with E-state index in [0.717, 1.165) is 36.2 Å². The SMILES string of the molecule is O=C(N/N=C/c1c(OCc2ccc(Br)cc2)ccc2ccccc12)c1cc2cc(Br)ccc2o1. The van der Waals surface area contributed by atoms with Crippen molar-refractivity contribution in [3.8, 4) is 5.75 Å². The molecular weight excluding hydrogens is 560 g/mol. The van der Waals surface area contributed by atoms with E-state index in [0.29, 0.717) is 17.9 Å². The molecule has 0 saturated carbocycles. The Kier molecular flexibility index (Phi) is 6.47. The van der Waals surface area contributed by atoms with Gasteiger partial charge in [-0.2, -0.15) is 5.10 Å². The van der Waals surface area contributed by atoms with Gasteiger partial charge in [0.25, 0.3) is 0 Å². The van der Waals surface area contributed by atoms with E-state index >= 15 is 0 Å². The number of amides is 1. The highest BCUT2D eigenvalue weighted by Gasteiger charge is 2.12. The summed E-state index contributed by atoms with van der Waals surface area (Å²) in [6.45, 7) is 0.410. The van der Waals surface area contributed by atoms with Crippen LogP contribution in [0.1, 0.15) is 21.7 Å². The van der Waals surface area contributed by atoms with Gasteiger partial charge in [-0.05, 0) is 58.8 Å². The van der Waals surface area contributed by atoms with E-state index in [1.807, 2.05) is 78.9 Å². The fraction of sp³-hybridized carbons (Fsp3) is 0.0370. The number of benzene rings is 4. The molecule has 1 aromatic heterocycles. The van der Waals surface area contributed by atoms with Crippen LogP contribution in [0.5, 0.6) is 5.75 Å². The predicted molar refractivity (Wildman–Crippen MR) is 141 cm³/mol. The number of hydrogen-bond acceptors (Lipinski definition) is 4. The average Bonchev–Trinajstić information content (AvgIpc) is 3.27. The molecule has 0 radical (unpaired) electrons. The number of hydrogen-bond donors (Lipinski definition) is 1. The molecule has 0 aliphatic carbocycles. The van der Waals surface area contributed by atoms with E-state index < -0.39 is 5.91 Å². The Bertz CT molecular complexity index is 1520. The summed E-state index contributed by atoms with van der Waals surface area (Å²) in [7, 11) is 0. The second-order valence-corrected chi connectivity index (χ2v) is 9.44. The fourth-order valence-electron chi connectivity index (χ4n) is 3.61. The van der Waals surface area contributed by atoms with Crippen LogP contribution >= 0.6 is 31.9 Å². The van der Waals surface area contributed by atoms with Gasteiger partial charge in [0.2, 0.25) is 0 Å². The number of furan rings is 1. The van der Waals surface area contributed by atoms with E-state index in [4.69, 9.17) is 9.15 Å². The Hall–Kier alpha value is -3.42. The van der Waals surface area contributed by atoms with Crippen molar-refractivity contribution in [3.05, 3.63) is 111 Å². The summed E-state index contributed by atoms with van der Waals surface area (Å²) in [6.07, 6.45) is 1.61. The summed E-state index contributed by atoms with van der Waals surface area (Å²) in [6, 6.07) is 27.1. The standard InChI is InChI=1S/C27H18Br2N2O3/c28-20-8-5-17(6-9-20)16-33-25-11-7-18-3-1-2-4-22(18)23(25)15-30-31-27(32)26-14-19-13-21(29)10-12-24(19)34-26/h1-15H,16H2,(H,31,32)/b30-15+. The monoisotopic (exact) mass is 576 g/mol. The first-order valence-electron chi connectivity index (χ1n) is 10.5. The van der Waals surface area contributed by atoms with Crippen molar-refractivity contribution in [1.29, 1.82) is 0 Å². The molecule has 5 rings (SSSR count). The number of carbonyl (C=O) groups is 1. The van der Waals surface area contributed by atoms with Gasteiger partial charge in [-0.25, -0.2) is 5.43 Å². The molecule has 0 spiro atoms. The van der Waals surface area contributed by atoms with Crippen molar-refractivity contribution < 1.29 is 13.9 Å². The van der Waals surface area contributed by atoms with Gasteiger partial charge in [-0.1, -0.05) is 74.3 Å². The zero-order chi connectivity index (χ0) is 23.5. The molecule has 7 heteroatoms. The average molecular weight is 578 g/mol. The number of rotatable bonds is 6. The summed E-state index contributed by atoms with van der Waals surface area (Å²) < 4.78 is 13.7. The lowest BCUT2D eigenvalue weighted by Gasteiger charge is -2.12. The van der Waals surface area contributed by atoms with Gasteiger partial charge >= 0.3 is 5.91 Å². The first-order valence-corrected chi connectivity index (χ1v) is 12.1. The van der Waals surface area contributed by atoms with Crippen LogP contribution in [0, 0.1) is 0 Å². The van der Waals surface area contributed by atoms with Crippen molar-refractivity contribution in [3.63, 3.8) is 0 Å². The van der Waals surface area contributed by atoms with E-state index in [1.54, 1.807) is 12.3 Å². The van der Waals surface area contributed by atoms with Gasteiger partial charge in [-0.15, -0.1) is 0 Å². The molecule has 4 aromatic carbocycles. The largest absolute Gasteiger partial charge is 0.488 e. The molecule has 5 aromatic rings. The van der Waals surface area contributed by atoms with E-state index in [2.05, 4.69) is 42.4 Å². The fourth-order valence-corrected chi connectivity index (χ4v) is 4.26. The van der Waals surface area contributed by atoms with Crippen LogP contribution in [0.4, 0.5) is 0 Å². The molecule has 0 bridgehead atoms. The van der Waals surface area contributed by atoms with Crippen LogP contribution in [-0.4, -0.2) is 12.1 Å². The minimum atomic E-state index is -0.430. The zero-order valence-corrected chi connectivity index (χ0v) is 21.0. The van der Waals surface area contributed by atoms with E-state index in [1.165, 1.54) is 0 Å². The molecule has 168 valence electrons. The molecule has 0 unspecified atom stereocenters. The summed E-state index contributed by atoms with van der Waals surface area (Å²) >= 11 is 6.87. The van der Waals surface area contributed by atoms with E-state index in [-0.39, 0.29) is 5.76 Å². The number of fused-ring (bicyclic) bond motifs is 2. The van der Waals surface area contributed by atoms with E-state index in [9.17, 15) is 4.79 Å². The van der Waals surface area contributed by atoms with Gasteiger partial charge in [0.15, 0.2) is 5.76 Å². The summed E-state index contributed by atoms with van der Waals surface area (Å²) in [5.74, 6) is 0.434. The third kappa shape index (κ3) is 4.90. The highest BCUT2D eigenvalue weighted by Crippen LogP contribution is 2.28. The van der Waals surface area contributed by atoms with Crippen LogP contribution < -0.4 is 10.2 Å². The number of nitrogens with zero attached hydrogens (tertiary/aromatic N) is 1. The van der Waals surface area contributed by atoms with Gasteiger partial charge in [0.1, 0.15) is 17.9 Å². The van der Waals surface area contributed by atoms with Crippen LogP contribution in [0.15, 0.2) is 103 Å². The van der Waals surface area contributed by atoms with Crippen molar-refractivity contribution in [1.82, 2.24) is 5.43 Å². The van der Waals surface area contributed by atoms with Crippen molar-refractivity contribution >= 4 is 65.7 Å². The summed E-state index contributed by atoms with van der Waals surface area (Å²) in [5, 5.41) is 7.06. The maximum atomic E-state index is 12.6. The number of hydrazone groups is 1. The smallest absolute Gasteiger partial charge is 0.307 e. The predicted octanol–water partition coefficient (Wildman–Crippen LogP) is 7.45. The van der Waals surface area contributed by atoms with Crippen LogP contribution in [0.3, 0.4) is 0 Å². The van der Waals surface area contributed by atoms with Crippen LogP contribution in [-0.2, 0) is 6.61 Å². The lowest BCUT2D eigenvalue weighted by molar-refractivity contribution is 0.0929. The van der Waals surface area contributed by atoms with Gasteiger partial charge in [-0.3, -0.25) is 4.79 Å². The summed E-state index contributed by atoms with van der Waals surface area (Å²) in [4.78, 5) is 12.6. The first-order chi connectivity index (χ1) is 16.6. The molecule has 34 heavy (non-hydrogen) atoms. The highest BCUT2D eigenvalue weighted by atomic mass is 79.9. The first kappa shape index (κ1) is 22.4. The third-order valence-corrected chi connectivity index (χ3v) is 6.32. The number of carbonyl (C=O) groups excluding carboxylic acids is 1. The minimum Gasteiger partial charge on any atom is -0.488 e. The Morgan fingerprint density at radius 3 is 2.56 bits per heavy atom. The Morgan fingerprint density at radius 1 is 0.912 bits per heavy atom. The molecule has 0 aliphatic rings. The molecule has 0 fully saturated rings. The molecule has 1 N–H and O–H groups in total. The van der Waals surface area contributed by atoms with Crippen molar-refractivity contribution in [2.75, 3.05) is 0 Å². The molecule has 0 atom stereocenters. The van der Waals surface area contributed by atoms with Crippen molar-refractivity contribution in [2.24, 2.45) is 5.10 Å². The lowest BCUT2D eigenvalue weighted by Crippen LogP contribution is -2.16. The topological polar surface area (TPSA) is 63.8 Å². The molecule has 1 amide bonds. The number of ether oxygens (including phenoxy) is 1. The Balaban J connectivity index is 1.38. The molecule has 5 nitrogen and oxygen atoms in total. The number of halogens is 2. The molecule has 0 aliphatic heterocycles. The maximum Gasteiger partial charge on any atom is 0.307 e. The van der Waals surface area contributed by atoms with Gasteiger partial charge < -0.3 is 9.15 Å². The highest BCUT2D eigenvalue weighted by molar-refractivity contribution is 9.10. The molecular formula is C27H18Br2N2O3. The third-order valence-electron chi connectivity index (χ3n) is 5.30. The Labute approximate surface area is 212 Å². The molecule has 1 heterocycles. The van der Waals surface area contributed by atoms with Gasteiger partial charge in [0, 0.05) is 19.9 Å². The zero-order valence-electron chi connectivity index (χ0n) is 17.8. The van der Waals surface area contributed by atoms with Gasteiger partial charge in [0.05, 0.1) is 6.21 Å². The van der Waals surface area contributed by atoms with Crippen molar-refractivity contribution in [2.45, 2.75) is 6.61 Å². The summed E-state index contributed by atoms with van der Waals surface area (Å²) in [5.41, 5.74) is 5.02.